The second kappa shape index (κ2) is 4.10. The second-order valence-corrected chi connectivity index (χ2v) is 4.04. The van der Waals surface area contributed by atoms with Gasteiger partial charge in [-0.25, -0.2) is 4.68 Å². The minimum atomic E-state index is 0.137. The lowest BCUT2D eigenvalue weighted by Crippen LogP contribution is -2.06. The van der Waals surface area contributed by atoms with Crippen molar-refractivity contribution < 1.29 is 4.74 Å². The van der Waals surface area contributed by atoms with E-state index >= 15 is 0 Å². The SMILES string of the molecule is c1ccc(-c2cnn([C@H]3CCCO3)c2)cc1. The number of benzene rings is 1. The molecule has 3 heteroatoms. The Balaban J connectivity index is 1.87. The molecule has 1 fully saturated rings. The quantitative estimate of drug-likeness (QED) is 0.768. The number of hydrogen-bond donors (Lipinski definition) is 0. The van der Waals surface area contributed by atoms with Crippen molar-refractivity contribution in [1.29, 1.82) is 0 Å². The Morgan fingerprint density at radius 1 is 1.19 bits per heavy atom. The zero-order valence-corrected chi connectivity index (χ0v) is 9.04. The first-order chi connectivity index (χ1) is 7.93. The third-order valence-electron chi connectivity index (χ3n) is 2.91. The normalized spacial score (nSPS) is 20.1. The fourth-order valence-corrected chi connectivity index (χ4v) is 2.04. The van der Waals surface area contributed by atoms with Gasteiger partial charge in [-0.15, -0.1) is 0 Å². The summed E-state index contributed by atoms with van der Waals surface area (Å²) in [7, 11) is 0. The highest BCUT2D eigenvalue weighted by Crippen LogP contribution is 2.25. The first-order valence-corrected chi connectivity index (χ1v) is 5.65. The summed E-state index contributed by atoms with van der Waals surface area (Å²) in [5, 5.41) is 4.37. The van der Waals surface area contributed by atoms with Crippen LogP contribution in [0.5, 0.6) is 0 Å². The first kappa shape index (κ1) is 9.60. The fourth-order valence-electron chi connectivity index (χ4n) is 2.04. The van der Waals surface area contributed by atoms with Crippen molar-refractivity contribution in [3.05, 3.63) is 42.7 Å². The smallest absolute Gasteiger partial charge is 0.150 e. The van der Waals surface area contributed by atoms with Gasteiger partial charge in [-0.05, 0) is 18.4 Å². The molecule has 82 valence electrons. The number of ether oxygens (including phenoxy) is 1. The van der Waals surface area contributed by atoms with Crippen LogP contribution >= 0.6 is 0 Å². The Kier molecular flexibility index (Phi) is 2.46. The molecule has 3 nitrogen and oxygen atoms in total. The van der Waals surface area contributed by atoms with E-state index in [2.05, 4.69) is 23.4 Å². The maximum Gasteiger partial charge on any atom is 0.150 e. The van der Waals surface area contributed by atoms with Gasteiger partial charge in [0.25, 0.3) is 0 Å². The predicted octanol–water partition coefficient (Wildman–Crippen LogP) is 2.86. The third-order valence-corrected chi connectivity index (χ3v) is 2.91. The van der Waals surface area contributed by atoms with E-state index in [1.807, 2.05) is 29.1 Å². The lowest BCUT2D eigenvalue weighted by atomic mass is 10.1. The molecule has 0 unspecified atom stereocenters. The summed E-state index contributed by atoms with van der Waals surface area (Å²) >= 11 is 0. The Morgan fingerprint density at radius 3 is 2.81 bits per heavy atom. The highest BCUT2D eigenvalue weighted by atomic mass is 16.5. The molecule has 1 aliphatic rings. The largest absolute Gasteiger partial charge is 0.357 e. The lowest BCUT2D eigenvalue weighted by Gasteiger charge is -2.08. The van der Waals surface area contributed by atoms with Crippen molar-refractivity contribution in [3.63, 3.8) is 0 Å². The third kappa shape index (κ3) is 1.74. The van der Waals surface area contributed by atoms with Crippen molar-refractivity contribution in [1.82, 2.24) is 9.78 Å². The molecule has 16 heavy (non-hydrogen) atoms. The molecule has 2 aromatic rings. The molecule has 0 saturated carbocycles. The Bertz CT molecular complexity index is 458. The van der Waals surface area contributed by atoms with E-state index in [0.29, 0.717) is 0 Å². The Labute approximate surface area is 94.7 Å². The number of rotatable bonds is 2. The van der Waals surface area contributed by atoms with Gasteiger partial charge in [0.2, 0.25) is 0 Å². The summed E-state index contributed by atoms with van der Waals surface area (Å²) in [5.41, 5.74) is 2.35. The van der Waals surface area contributed by atoms with E-state index in [0.717, 1.165) is 25.0 Å². The van der Waals surface area contributed by atoms with Gasteiger partial charge in [-0.2, -0.15) is 5.10 Å². The minimum Gasteiger partial charge on any atom is -0.357 e. The van der Waals surface area contributed by atoms with Crippen LogP contribution in [0, 0.1) is 0 Å². The van der Waals surface area contributed by atoms with E-state index in [-0.39, 0.29) is 6.23 Å². The molecular weight excluding hydrogens is 200 g/mol. The summed E-state index contributed by atoms with van der Waals surface area (Å²) in [6.07, 6.45) is 6.29. The molecule has 0 amide bonds. The highest BCUT2D eigenvalue weighted by molar-refractivity contribution is 5.61. The number of aromatic nitrogens is 2. The Morgan fingerprint density at radius 2 is 2.06 bits per heavy atom. The predicted molar refractivity (Wildman–Crippen MR) is 61.9 cm³/mol. The maximum absolute atomic E-state index is 5.59. The summed E-state index contributed by atoms with van der Waals surface area (Å²) in [5.74, 6) is 0. The van der Waals surface area contributed by atoms with Crippen LogP contribution in [0.4, 0.5) is 0 Å². The second-order valence-electron chi connectivity index (χ2n) is 4.04. The van der Waals surface area contributed by atoms with Gasteiger partial charge in [0.15, 0.2) is 0 Å². The van der Waals surface area contributed by atoms with Gasteiger partial charge in [0, 0.05) is 18.4 Å². The molecule has 1 aliphatic heterocycles. The molecule has 1 aromatic carbocycles. The van der Waals surface area contributed by atoms with Crippen molar-refractivity contribution >= 4 is 0 Å². The van der Waals surface area contributed by atoms with Gasteiger partial charge in [-0.3, -0.25) is 0 Å². The minimum absolute atomic E-state index is 0.137. The van der Waals surface area contributed by atoms with Crippen molar-refractivity contribution in [2.75, 3.05) is 6.61 Å². The molecule has 1 saturated heterocycles. The van der Waals surface area contributed by atoms with Crippen LogP contribution in [0.3, 0.4) is 0 Å². The van der Waals surface area contributed by atoms with Crippen LogP contribution in [0.25, 0.3) is 11.1 Å². The molecule has 0 spiro atoms. The van der Waals surface area contributed by atoms with Crippen molar-refractivity contribution in [2.45, 2.75) is 19.1 Å². The summed E-state index contributed by atoms with van der Waals surface area (Å²) in [4.78, 5) is 0. The topological polar surface area (TPSA) is 27.1 Å². The molecule has 0 N–H and O–H groups in total. The van der Waals surface area contributed by atoms with Crippen LogP contribution in [0.2, 0.25) is 0 Å². The zero-order valence-electron chi connectivity index (χ0n) is 9.04. The highest BCUT2D eigenvalue weighted by Gasteiger charge is 2.18. The van der Waals surface area contributed by atoms with Crippen LogP contribution in [-0.2, 0) is 4.74 Å². The van der Waals surface area contributed by atoms with Gasteiger partial charge in [0.1, 0.15) is 6.23 Å². The Hall–Kier alpha value is -1.61. The fraction of sp³-hybridized carbons (Fsp3) is 0.308. The molecular formula is C13H14N2O. The molecule has 1 atom stereocenters. The molecule has 0 radical (unpaired) electrons. The molecule has 0 bridgehead atoms. The van der Waals surface area contributed by atoms with Gasteiger partial charge < -0.3 is 4.74 Å². The average Bonchev–Trinajstić information content (AvgIpc) is 3.01. The van der Waals surface area contributed by atoms with E-state index in [4.69, 9.17) is 4.74 Å². The number of hydrogen-bond acceptors (Lipinski definition) is 2. The van der Waals surface area contributed by atoms with E-state index in [1.165, 1.54) is 5.56 Å². The van der Waals surface area contributed by atoms with Crippen LogP contribution in [-0.4, -0.2) is 16.4 Å². The first-order valence-electron chi connectivity index (χ1n) is 5.65. The standard InChI is InChI=1S/C13H14N2O/c1-2-5-11(6-3-1)12-9-14-15(10-12)13-7-4-8-16-13/h1-3,5-6,9-10,13H,4,7-8H2/t13-/m1/s1. The summed E-state index contributed by atoms with van der Waals surface area (Å²) < 4.78 is 7.51. The summed E-state index contributed by atoms with van der Waals surface area (Å²) in [6.45, 7) is 0.852. The monoisotopic (exact) mass is 214 g/mol. The van der Waals surface area contributed by atoms with Crippen LogP contribution in [0.15, 0.2) is 42.7 Å². The van der Waals surface area contributed by atoms with Gasteiger partial charge in [-0.1, -0.05) is 30.3 Å². The molecule has 3 rings (SSSR count). The van der Waals surface area contributed by atoms with E-state index < -0.39 is 0 Å². The van der Waals surface area contributed by atoms with Crippen LogP contribution < -0.4 is 0 Å². The molecule has 0 aliphatic carbocycles. The summed E-state index contributed by atoms with van der Waals surface area (Å²) in [6, 6.07) is 10.3. The zero-order chi connectivity index (χ0) is 10.8. The molecule has 2 heterocycles. The van der Waals surface area contributed by atoms with E-state index in [9.17, 15) is 0 Å². The maximum atomic E-state index is 5.59. The lowest BCUT2D eigenvalue weighted by molar-refractivity contribution is 0.0468. The van der Waals surface area contributed by atoms with E-state index in [1.54, 1.807) is 0 Å². The van der Waals surface area contributed by atoms with Crippen molar-refractivity contribution in [2.24, 2.45) is 0 Å². The molecule has 1 aromatic heterocycles. The average molecular weight is 214 g/mol. The van der Waals surface area contributed by atoms with Crippen molar-refractivity contribution in [3.8, 4) is 11.1 Å². The van der Waals surface area contributed by atoms with Gasteiger partial charge >= 0.3 is 0 Å². The van der Waals surface area contributed by atoms with Gasteiger partial charge in [0.05, 0.1) is 6.20 Å². The van der Waals surface area contributed by atoms with Crippen LogP contribution in [0.1, 0.15) is 19.1 Å². The number of nitrogens with zero attached hydrogens (tertiary/aromatic N) is 2.